The minimum absolute atomic E-state index is 0.109. The van der Waals surface area contributed by atoms with Crippen LogP contribution in [0.5, 0.6) is 0 Å². The van der Waals surface area contributed by atoms with Crippen LogP contribution in [-0.2, 0) is 10.0 Å². The van der Waals surface area contributed by atoms with Crippen molar-refractivity contribution in [3.63, 3.8) is 0 Å². The molecule has 100 valence electrons. The fraction of sp³-hybridized carbons (Fsp3) is 1.00. The summed E-state index contributed by atoms with van der Waals surface area (Å²) < 4.78 is 27.3. The van der Waals surface area contributed by atoms with Crippen molar-refractivity contribution in [3.05, 3.63) is 0 Å². The van der Waals surface area contributed by atoms with E-state index >= 15 is 0 Å². The van der Waals surface area contributed by atoms with E-state index in [1.54, 1.807) is 0 Å². The van der Waals surface area contributed by atoms with Gasteiger partial charge < -0.3 is 5.32 Å². The van der Waals surface area contributed by atoms with Crippen LogP contribution < -0.4 is 10.0 Å². The van der Waals surface area contributed by atoms with Gasteiger partial charge in [0.2, 0.25) is 10.0 Å². The standard InChI is InChI=1S/C12H24N2O2S/c1-10(11-4-2-3-5-11)14-17(15,16)12-6-8-13-9-7-12/h10-14H,2-9H2,1H3. The Morgan fingerprint density at radius 2 is 1.71 bits per heavy atom. The van der Waals surface area contributed by atoms with Gasteiger partial charge in [-0.2, -0.15) is 0 Å². The van der Waals surface area contributed by atoms with Crippen molar-refractivity contribution in [1.82, 2.24) is 10.0 Å². The van der Waals surface area contributed by atoms with Crippen LogP contribution in [0.3, 0.4) is 0 Å². The van der Waals surface area contributed by atoms with Crippen molar-refractivity contribution in [2.45, 2.75) is 56.7 Å². The Hall–Kier alpha value is -0.130. The maximum absolute atomic E-state index is 12.2. The third kappa shape index (κ3) is 3.42. The zero-order chi connectivity index (χ0) is 12.3. The van der Waals surface area contributed by atoms with E-state index in [4.69, 9.17) is 0 Å². The molecule has 1 aliphatic heterocycles. The predicted molar refractivity (Wildman–Crippen MR) is 69.4 cm³/mol. The molecule has 2 N–H and O–H groups in total. The first-order chi connectivity index (χ1) is 8.09. The fourth-order valence-electron chi connectivity index (χ4n) is 3.01. The molecule has 0 bridgehead atoms. The van der Waals surface area contributed by atoms with E-state index in [1.807, 2.05) is 6.92 Å². The molecule has 1 heterocycles. The highest BCUT2D eigenvalue weighted by Gasteiger charge is 2.31. The number of piperidine rings is 1. The lowest BCUT2D eigenvalue weighted by atomic mass is 10.0. The average molecular weight is 260 g/mol. The molecule has 1 saturated heterocycles. The predicted octanol–water partition coefficient (Wildman–Crippen LogP) is 1.24. The van der Waals surface area contributed by atoms with Gasteiger partial charge in [-0.05, 0) is 51.6 Å². The maximum atomic E-state index is 12.2. The molecule has 1 aliphatic carbocycles. The number of rotatable bonds is 4. The van der Waals surface area contributed by atoms with Crippen molar-refractivity contribution >= 4 is 10.0 Å². The number of nitrogens with one attached hydrogen (secondary N) is 2. The van der Waals surface area contributed by atoms with Gasteiger partial charge in [0.15, 0.2) is 0 Å². The van der Waals surface area contributed by atoms with E-state index in [0.717, 1.165) is 25.9 Å². The van der Waals surface area contributed by atoms with Crippen molar-refractivity contribution in [2.75, 3.05) is 13.1 Å². The average Bonchev–Trinajstić information content (AvgIpc) is 2.83. The summed E-state index contributed by atoms with van der Waals surface area (Å²) in [6.07, 6.45) is 6.35. The van der Waals surface area contributed by atoms with Gasteiger partial charge in [0.05, 0.1) is 5.25 Å². The molecule has 0 amide bonds. The van der Waals surface area contributed by atoms with Crippen molar-refractivity contribution in [2.24, 2.45) is 5.92 Å². The summed E-state index contributed by atoms with van der Waals surface area (Å²) in [4.78, 5) is 0. The van der Waals surface area contributed by atoms with E-state index in [9.17, 15) is 8.42 Å². The Kier molecular flexibility index (Phi) is 4.44. The first-order valence-corrected chi connectivity index (χ1v) is 8.36. The zero-order valence-electron chi connectivity index (χ0n) is 10.6. The van der Waals surface area contributed by atoms with E-state index in [2.05, 4.69) is 10.0 Å². The van der Waals surface area contributed by atoms with Crippen LogP contribution in [0, 0.1) is 5.92 Å². The summed E-state index contributed by atoms with van der Waals surface area (Å²) in [6, 6.07) is 0.109. The highest BCUT2D eigenvalue weighted by molar-refractivity contribution is 7.90. The van der Waals surface area contributed by atoms with Crippen molar-refractivity contribution < 1.29 is 8.42 Å². The maximum Gasteiger partial charge on any atom is 0.214 e. The molecule has 0 aromatic carbocycles. The first kappa shape index (κ1) is 13.3. The van der Waals surface area contributed by atoms with Gasteiger partial charge in [0, 0.05) is 6.04 Å². The zero-order valence-corrected chi connectivity index (χ0v) is 11.4. The summed E-state index contributed by atoms with van der Waals surface area (Å²) in [6.45, 7) is 3.67. The minimum Gasteiger partial charge on any atom is -0.317 e. The van der Waals surface area contributed by atoms with Gasteiger partial charge in [-0.15, -0.1) is 0 Å². The topological polar surface area (TPSA) is 58.2 Å². The summed E-state index contributed by atoms with van der Waals surface area (Å²) in [5.41, 5.74) is 0. The number of hydrogen-bond acceptors (Lipinski definition) is 3. The normalized spacial score (nSPS) is 26.2. The Bertz CT molecular complexity index is 330. The molecule has 2 fully saturated rings. The van der Waals surface area contributed by atoms with Crippen LogP contribution >= 0.6 is 0 Å². The second-order valence-electron chi connectivity index (χ2n) is 5.45. The minimum atomic E-state index is -3.11. The molecule has 1 unspecified atom stereocenters. The lowest BCUT2D eigenvalue weighted by Crippen LogP contribution is -2.46. The molecule has 2 aliphatic rings. The molecular weight excluding hydrogens is 236 g/mol. The molecule has 0 aromatic rings. The van der Waals surface area contributed by atoms with Gasteiger partial charge in [0.1, 0.15) is 0 Å². The second kappa shape index (κ2) is 5.67. The van der Waals surface area contributed by atoms with Crippen LogP contribution in [0.15, 0.2) is 0 Å². The smallest absolute Gasteiger partial charge is 0.214 e. The molecule has 4 nitrogen and oxygen atoms in total. The third-order valence-corrected chi connectivity index (χ3v) is 6.23. The molecule has 1 saturated carbocycles. The Morgan fingerprint density at radius 3 is 2.29 bits per heavy atom. The van der Waals surface area contributed by atoms with Gasteiger partial charge >= 0.3 is 0 Å². The number of hydrogen-bond donors (Lipinski definition) is 2. The monoisotopic (exact) mass is 260 g/mol. The van der Waals surface area contributed by atoms with Crippen LogP contribution in [0.4, 0.5) is 0 Å². The highest BCUT2D eigenvalue weighted by atomic mass is 32.2. The number of sulfonamides is 1. The van der Waals surface area contributed by atoms with E-state index in [-0.39, 0.29) is 11.3 Å². The summed E-state index contributed by atoms with van der Waals surface area (Å²) in [7, 11) is -3.11. The van der Waals surface area contributed by atoms with E-state index < -0.39 is 10.0 Å². The summed E-state index contributed by atoms with van der Waals surface area (Å²) in [5.74, 6) is 0.548. The largest absolute Gasteiger partial charge is 0.317 e. The molecular formula is C12H24N2O2S. The van der Waals surface area contributed by atoms with Gasteiger partial charge in [-0.1, -0.05) is 12.8 Å². The first-order valence-electron chi connectivity index (χ1n) is 6.81. The van der Waals surface area contributed by atoms with Crippen molar-refractivity contribution in [1.29, 1.82) is 0 Å². The summed E-state index contributed by atoms with van der Waals surface area (Å²) in [5, 5.41) is 3.02. The van der Waals surface area contributed by atoms with Crippen LogP contribution in [-0.4, -0.2) is 32.8 Å². The fourth-order valence-corrected chi connectivity index (χ4v) is 4.77. The molecule has 17 heavy (non-hydrogen) atoms. The quantitative estimate of drug-likeness (QED) is 0.799. The SMILES string of the molecule is CC(NS(=O)(=O)C1CCNCC1)C1CCCC1. The van der Waals surface area contributed by atoms with Gasteiger partial charge in [-0.3, -0.25) is 0 Å². The molecule has 0 spiro atoms. The van der Waals surface area contributed by atoms with E-state index in [0.29, 0.717) is 5.92 Å². The Morgan fingerprint density at radius 1 is 1.12 bits per heavy atom. The molecule has 0 radical (unpaired) electrons. The lowest BCUT2D eigenvalue weighted by Gasteiger charge is -2.27. The summed E-state index contributed by atoms with van der Waals surface area (Å²) >= 11 is 0. The molecule has 0 aromatic heterocycles. The van der Waals surface area contributed by atoms with Crippen LogP contribution in [0.2, 0.25) is 0 Å². The molecule has 1 atom stereocenters. The van der Waals surface area contributed by atoms with Crippen LogP contribution in [0.25, 0.3) is 0 Å². The lowest BCUT2D eigenvalue weighted by molar-refractivity contribution is 0.415. The highest BCUT2D eigenvalue weighted by Crippen LogP contribution is 2.28. The van der Waals surface area contributed by atoms with Gasteiger partial charge in [-0.25, -0.2) is 13.1 Å². The van der Waals surface area contributed by atoms with Crippen molar-refractivity contribution in [3.8, 4) is 0 Å². The van der Waals surface area contributed by atoms with Crippen LogP contribution in [0.1, 0.15) is 45.4 Å². The van der Waals surface area contributed by atoms with Gasteiger partial charge in [0.25, 0.3) is 0 Å². The molecule has 2 rings (SSSR count). The Labute approximate surface area is 105 Å². The molecule has 5 heteroatoms. The second-order valence-corrected chi connectivity index (χ2v) is 7.44. The Balaban J connectivity index is 1.91. The van der Waals surface area contributed by atoms with E-state index in [1.165, 1.54) is 25.7 Å². The third-order valence-electron chi connectivity index (χ3n) is 4.18.